The van der Waals surface area contributed by atoms with Crippen molar-refractivity contribution in [2.24, 2.45) is 0 Å². The van der Waals surface area contributed by atoms with Crippen molar-refractivity contribution in [1.82, 2.24) is 19.4 Å². The maximum absolute atomic E-state index is 13.3. The highest BCUT2D eigenvalue weighted by Crippen LogP contribution is 2.27. The molecule has 29 heavy (non-hydrogen) atoms. The van der Waals surface area contributed by atoms with Crippen molar-refractivity contribution in [3.63, 3.8) is 0 Å². The highest BCUT2D eigenvalue weighted by atomic mass is 32.2. The Balaban J connectivity index is 1.73. The minimum Gasteiger partial charge on any atom is -0.317 e. The molecule has 160 valence electrons. The second kappa shape index (κ2) is 8.85. The second-order valence-corrected chi connectivity index (χ2v) is 9.12. The number of benzene rings is 1. The van der Waals surface area contributed by atoms with Crippen molar-refractivity contribution in [1.29, 1.82) is 0 Å². The summed E-state index contributed by atoms with van der Waals surface area (Å²) >= 11 is 0. The number of nitrogens with one attached hydrogen (secondary N) is 1. The molecular formula is C19H25F3N4O2S. The summed E-state index contributed by atoms with van der Waals surface area (Å²) in [5, 5.41) is 6.76. The van der Waals surface area contributed by atoms with Crippen LogP contribution >= 0.6 is 0 Å². The van der Waals surface area contributed by atoms with Gasteiger partial charge in [-0.2, -0.15) is 22.6 Å². The lowest BCUT2D eigenvalue weighted by atomic mass is 10.1. The van der Waals surface area contributed by atoms with Gasteiger partial charge in [0.05, 0.1) is 4.90 Å². The first-order chi connectivity index (χ1) is 13.7. The van der Waals surface area contributed by atoms with E-state index in [-0.39, 0.29) is 24.0 Å². The monoisotopic (exact) mass is 430 g/mol. The molecule has 1 aromatic heterocycles. The molecule has 1 N–H and O–H groups in total. The molecule has 0 amide bonds. The number of sulfonamides is 1. The Kier molecular flexibility index (Phi) is 6.65. The predicted octanol–water partition coefficient (Wildman–Crippen LogP) is 3.04. The third kappa shape index (κ3) is 5.37. The highest BCUT2D eigenvalue weighted by Gasteiger charge is 2.34. The van der Waals surface area contributed by atoms with Gasteiger partial charge in [0.15, 0.2) is 5.69 Å². The van der Waals surface area contributed by atoms with Gasteiger partial charge in [0.1, 0.15) is 0 Å². The lowest BCUT2D eigenvalue weighted by molar-refractivity contribution is -0.141. The number of hydrogen-bond acceptors (Lipinski definition) is 4. The lowest BCUT2D eigenvalue weighted by Crippen LogP contribution is -2.46. The van der Waals surface area contributed by atoms with Crippen molar-refractivity contribution >= 4 is 10.0 Å². The van der Waals surface area contributed by atoms with Crippen LogP contribution in [0.25, 0.3) is 0 Å². The standard InChI is InChI=1S/C19H25F3N4O2S/c1-15-3-5-17(6-4-15)29(27,28)26(16-7-10-23-11-8-16)13-2-12-25-14-9-18(24-25)19(20,21)22/h3-6,9,14,16,23H,2,7-8,10-13H2,1H3. The summed E-state index contributed by atoms with van der Waals surface area (Å²) in [5.74, 6) is 0. The fraction of sp³-hybridized carbons (Fsp3) is 0.526. The van der Waals surface area contributed by atoms with Gasteiger partial charge in [-0.05, 0) is 57.5 Å². The molecule has 1 saturated heterocycles. The summed E-state index contributed by atoms with van der Waals surface area (Å²) < 4.78 is 67.3. The third-order valence-corrected chi connectivity index (χ3v) is 7.01. The van der Waals surface area contributed by atoms with Crippen LogP contribution in [0.3, 0.4) is 0 Å². The molecule has 1 aliphatic rings. The topological polar surface area (TPSA) is 67.2 Å². The van der Waals surface area contributed by atoms with E-state index in [1.54, 1.807) is 24.3 Å². The molecule has 0 atom stereocenters. The Labute approximate surface area is 168 Å². The molecule has 3 rings (SSSR count). The normalized spacial score (nSPS) is 16.4. The number of nitrogens with zero attached hydrogens (tertiary/aromatic N) is 3. The third-order valence-electron chi connectivity index (χ3n) is 5.04. The number of alkyl halides is 3. The van der Waals surface area contributed by atoms with Crippen molar-refractivity contribution < 1.29 is 21.6 Å². The van der Waals surface area contributed by atoms with Crippen LogP contribution < -0.4 is 5.32 Å². The minimum absolute atomic E-state index is 0.133. The minimum atomic E-state index is -4.48. The SMILES string of the molecule is Cc1ccc(S(=O)(=O)N(CCCn2ccc(C(F)(F)F)n2)C2CCNCC2)cc1. The van der Waals surface area contributed by atoms with Crippen molar-refractivity contribution in [2.45, 2.75) is 49.8 Å². The molecule has 6 nitrogen and oxygen atoms in total. The van der Waals surface area contributed by atoms with Crippen molar-refractivity contribution in [3.8, 4) is 0 Å². The Morgan fingerprint density at radius 1 is 1.17 bits per heavy atom. The number of aryl methyl sites for hydroxylation is 2. The van der Waals surface area contributed by atoms with Crippen LogP contribution in [-0.2, 0) is 22.7 Å². The van der Waals surface area contributed by atoms with Crippen LogP contribution in [0, 0.1) is 6.92 Å². The molecule has 0 unspecified atom stereocenters. The van der Waals surface area contributed by atoms with Gasteiger partial charge in [0.25, 0.3) is 0 Å². The van der Waals surface area contributed by atoms with Gasteiger partial charge in [0, 0.05) is 25.3 Å². The van der Waals surface area contributed by atoms with E-state index in [1.807, 2.05) is 6.92 Å². The zero-order chi connectivity index (χ0) is 21.1. The number of halogens is 3. The van der Waals surface area contributed by atoms with Crippen LogP contribution in [0.5, 0.6) is 0 Å². The Morgan fingerprint density at radius 2 is 1.83 bits per heavy atom. The van der Waals surface area contributed by atoms with E-state index in [0.717, 1.165) is 24.7 Å². The maximum Gasteiger partial charge on any atom is 0.435 e. The number of rotatable bonds is 7. The summed E-state index contributed by atoms with van der Waals surface area (Å²) in [7, 11) is -3.69. The van der Waals surface area contributed by atoms with Gasteiger partial charge in [-0.15, -0.1) is 0 Å². The van der Waals surface area contributed by atoms with Crippen LogP contribution in [-0.4, -0.2) is 48.2 Å². The zero-order valence-electron chi connectivity index (χ0n) is 16.2. The summed E-state index contributed by atoms with van der Waals surface area (Å²) in [6.45, 7) is 3.79. The Morgan fingerprint density at radius 3 is 2.41 bits per heavy atom. The second-order valence-electron chi connectivity index (χ2n) is 7.23. The van der Waals surface area contributed by atoms with E-state index in [9.17, 15) is 21.6 Å². The van der Waals surface area contributed by atoms with Gasteiger partial charge in [-0.1, -0.05) is 17.7 Å². The van der Waals surface area contributed by atoms with E-state index in [4.69, 9.17) is 0 Å². The summed E-state index contributed by atoms with van der Waals surface area (Å²) in [4.78, 5) is 0.236. The van der Waals surface area contributed by atoms with Gasteiger partial charge < -0.3 is 5.32 Å². The average Bonchev–Trinajstić information content (AvgIpc) is 3.15. The molecule has 1 fully saturated rings. The fourth-order valence-electron chi connectivity index (χ4n) is 3.47. The molecule has 1 aromatic carbocycles. The Hall–Kier alpha value is -1.91. The van der Waals surface area contributed by atoms with Crippen LogP contribution in [0.2, 0.25) is 0 Å². The van der Waals surface area contributed by atoms with E-state index in [1.165, 1.54) is 15.2 Å². The van der Waals surface area contributed by atoms with Gasteiger partial charge in [-0.25, -0.2) is 8.42 Å². The van der Waals surface area contributed by atoms with E-state index in [0.29, 0.717) is 19.3 Å². The van der Waals surface area contributed by atoms with E-state index in [2.05, 4.69) is 10.4 Å². The zero-order valence-corrected chi connectivity index (χ0v) is 17.0. The smallest absolute Gasteiger partial charge is 0.317 e. The van der Waals surface area contributed by atoms with Crippen LogP contribution in [0.1, 0.15) is 30.5 Å². The average molecular weight is 430 g/mol. The molecule has 0 radical (unpaired) electrons. The first-order valence-corrected chi connectivity index (χ1v) is 11.0. The van der Waals surface area contributed by atoms with E-state index >= 15 is 0 Å². The molecule has 0 aliphatic carbocycles. The summed E-state index contributed by atoms with van der Waals surface area (Å²) in [5.41, 5.74) is 0.0245. The first kappa shape index (κ1) is 21.8. The number of aromatic nitrogens is 2. The van der Waals surface area contributed by atoms with Crippen molar-refractivity contribution in [3.05, 3.63) is 47.8 Å². The first-order valence-electron chi connectivity index (χ1n) is 9.58. The van der Waals surface area contributed by atoms with E-state index < -0.39 is 21.9 Å². The molecule has 0 saturated carbocycles. The molecule has 2 heterocycles. The predicted molar refractivity (Wildman–Crippen MR) is 103 cm³/mol. The largest absolute Gasteiger partial charge is 0.435 e. The molecular weight excluding hydrogens is 405 g/mol. The summed E-state index contributed by atoms with van der Waals surface area (Å²) in [6.07, 6.45) is -1.45. The molecule has 10 heteroatoms. The maximum atomic E-state index is 13.3. The van der Waals surface area contributed by atoms with Gasteiger partial charge >= 0.3 is 6.18 Å². The molecule has 2 aromatic rings. The Bertz CT molecular complexity index is 904. The van der Waals surface area contributed by atoms with Gasteiger partial charge in [0.2, 0.25) is 10.0 Å². The molecule has 1 aliphatic heterocycles. The van der Waals surface area contributed by atoms with Gasteiger partial charge in [-0.3, -0.25) is 4.68 Å². The number of piperidine rings is 1. The molecule has 0 bridgehead atoms. The fourth-order valence-corrected chi connectivity index (χ4v) is 5.19. The summed E-state index contributed by atoms with van der Waals surface area (Å²) in [6, 6.07) is 7.51. The lowest BCUT2D eigenvalue weighted by Gasteiger charge is -2.33. The highest BCUT2D eigenvalue weighted by molar-refractivity contribution is 7.89. The molecule has 0 spiro atoms. The van der Waals surface area contributed by atoms with Crippen LogP contribution in [0.4, 0.5) is 13.2 Å². The van der Waals surface area contributed by atoms with Crippen molar-refractivity contribution in [2.75, 3.05) is 19.6 Å². The number of hydrogen-bond donors (Lipinski definition) is 1. The van der Waals surface area contributed by atoms with Crippen LogP contribution in [0.15, 0.2) is 41.4 Å². The quantitative estimate of drug-likeness (QED) is 0.733.